The number of para-hydroxylation sites is 2. The number of nitrogens with one attached hydrogen (secondary N) is 1. The number of ether oxygens (including phenoxy) is 1. The Morgan fingerprint density at radius 2 is 1.51 bits per heavy atom. The fraction of sp³-hybridized carbons (Fsp3) is 0.278. The molecule has 0 saturated carbocycles. The van der Waals surface area contributed by atoms with Crippen LogP contribution in [0.3, 0.4) is 0 Å². The second kappa shape index (κ2) is 16.9. The van der Waals surface area contributed by atoms with Crippen LogP contribution in [0.15, 0.2) is 117 Å². The first-order valence-electron chi connectivity index (χ1n) is 15.3. The third-order valence-electron chi connectivity index (χ3n) is 7.33. The number of carbonyl (C=O) groups excluding carboxylic acids is 2. The van der Waals surface area contributed by atoms with E-state index < -0.39 is 28.5 Å². The van der Waals surface area contributed by atoms with Gasteiger partial charge in [-0.2, -0.15) is 0 Å². The molecule has 2 amide bonds. The maximum absolute atomic E-state index is 14.7. The van der Waals surface area contributed by atoms with E-state index in [4.69, 9.17) is 4.74 Å². The van der Waals surface area contributed by atoms with E-state index in [0.717, 1.165) is 24.8 Å². The average molecular weight is 739 g/mol. The molecular weight excluding hydrogens is 698 g/mol. The van der Waals surface area contributed by atoms with E-state index >= 15 is 0 Å². The van der Waals surface area contributed by atoms with E-state index in [1.54, 1.807) is 36.4 Å². The highest BCUT2D eigenvalue weighted by Crippen LogP contribution is 2.33. The second-order valence-corrected chi connectivity index (χ2v) is 14.8. The molecule has 1 N–H and O–H groups in total. The smallest absolute Gasteiger partial charge is 0.264 e. The zero-order valence-electron chi connectivity index (χ0n) is 26.9. The number of benzene rings is 4. The van der Waals surface area contributed by atoms with Crippen LogP contribution in [0.25, 0.3) is 0 Å². The lowest BCUT2D eigenvalue weighted by atomic mass is 10.0. The minimum atomic E-state index is -4.26. The van der Waals surface area contributed by atoms with Crippen molar-refractivity contribution in [3.8, 4) is 5.75 Å². The van der Waals surface area contributed by atoms with Gasteiger partial charge in [0.25, 0.3) is 10.0 Å². The lowest BCUT2D eigenvalue weighted by Crippen LogP contribution is -2.54. The van der Waals surface area contributed by atoms with Crippen LogP contribution < -0.4 is 14.4 Å². The van der Waals surface area contributed by atoms with E-state index in [1.807, 2.05) is 81.6 Å². The van der Waals surface area contributed by atoms with E-state index in [0.29, 0.717) is 12.4 Å². The zero-order valence-corrected chi connectivity index (χ0v) is 30.1. The number of halogens is 1. The lowest BCUT2D eigenvalue weighted by Gasteiger charge is -2.34. The standard InChI is InChI=1S/C36H40BrN3O5S2/c1-5-45-34-14-10-9-13-32(34)40(47(43,44)31-21-19-30(46-4)20-22-31)25-35(41)39(24-28-15-17-29(37)18-16-28)33(36(42)38-26(2)3)23-27-11-7-6-8-12-27/h6-22,26,33H,5,23-25H2,1-4H3,(H,38,42). The van der Waals surface area contributed by atoms with Crippen LogP contribution in [0.5, 0.6) is 5.75 Å². The summed E-state index contributed by atoms with van der Waals surface area (Å²) < 4.78 is 36.6. The summed E-state index contributed by atoms with van der Waals surface area (Å²) in [5.41, 5.74) is 1.88. The van der Waals surface area contributed by atoms with E-state index in [1.165, 1.54) is 28.8 Å². The van der Waals surface area contributed by atoms with Crippen molar-refractivity contribution < 1.29 is 22.7 Å². The molecule has 1 unspecified atom stereocenters. The molecule has 0 aliphatic rings. The van der Waals surface area contributed by atoms with Gasteiger partial charge in [0.2, 0.25) is 11.8 Å². The van der Waals surface area contributed by atoms with Gasteiger partial charge in [0.1, 0.15) is 18.3 Å². The van der Waals surface area contributed by atoms with Crippen molar-refractivity contribution >= 4 is 55.2 Å². The fourth-order valence-corrected chi connectivity index (χ4v) is 7.15. The van der Waals surface area contributed by atoms with Gasteiger partial charge >= 0.3 is 0 Å². The first-order valence-corrected chi connectivity index (χ1v) is 18.8. The number of hydrogen-bond acceptors (Lipinski definition) is 6. The van der Waals surface area contributed by atoms with Crippen molar-refractivity contribution in [2.75, 3.05) is 23.7 Å². The number of sulfonamides is 1. The first kappa shape index (κ1) is 36.0. The molecule has 0 heterocycles. The number of thioether (sulfide) groups is 1. The zero-order chi connectivity index (χ0) is 34.0. The van der Waals surface area contributed by atoms with Crippen molar-refractivity contribution in [1.29, 1.82) is 0 Å². The predicted octanol–water partition coefficient (Wildman–Crippen LogP) is 6.93. The number of hydrogen-bond donors (Lipinski definition) is 1. The fourth-order valence-electron chi connectivity index (χ4n) is 5.05. The highest BCUT2D eigenvalue weighted by molar-refractivity contribution is 9.10. The van der Waals surface area contributed by atoms with E-state index in [-0.39, 0.29) is 35.5 Å². The summed E-state index contributed by atoms with van der Waals surface area (Å²) >= 11 is 4.96. The monoisotopic (exact) mass is 737 g/mol. The molecule has 8 nitrogen and oxygen atoms in total. The van der Waals surface area contributed by atoms with E-state index in [2.05, 4.69) is 21.2 Å². The van der Waals surface area contributed by atoms with Gasteiger partial charge in [-0.15, -0.1) is 11.8 Å². The molecule has 0 radical (unpaired) electrons. The van der Waals surface area contributed by atoms with Crippen molar-refractivity contribution in [1.82, 2.24) is 10.2 Å². The minimum absolute atomic E-state index is 0.0345. The highest BCUT2D eigenvalue weighted by Gasteiger charge is 2.35. The number of nitrogens with zero attached hydrogens (tertiary/aromatic N) is 2. The molecule has 47 heavy (non-hydrogen) atoms. The van der Waals surface area contributed by atoms with Crippen LogP contribution in [0.1, 0.15) is 31.9 Å². The molecule has 0 aromatic heterocycles. The molecule has 4 aromatic rings. The SMILES string of the molecule is CCOc1ccccc1N(CC(=O)N(Cc1ccc(Br)cc1)C(Cc1ccccc1)C(=O)NC(C)C)S(=O)(=O)c1ccc(SC)cc1. The molecule has 248 valence electrons. The van der Waals surface area contributed by atoms with Gasteiger partial charge < -0.3 is 15.0 Å². The summed E-state index contributed by atoms with van der Waals surface area (Å²) in [6, 6.07) is 29.1. The van der Waals surface area contributed by atoms with Crippen molar-refractivity contribution in [2.45, 2.75) is 55.6 Å². The van der Waals surface area contributed by atoms with E-state index in [9.17, 15) is 18.0 Å². The Balaban J connectivity index is 1.84. The third kappa shape index (κ3) is 9.62. The van der Waals surface area contributed by atoms with Gasteiger partial charge in [0, 0.05) is 28.4 Å². The van der Waals surface area contributed by atoms with Crippen LogP contribution in [0.4, 0.5) is 5.69 Å². The van der Waals surface area contributed by atoms with Crippen molar-refractivity contribution in [3.63, 3.8) is 0 Å². The average Bonchev–Trinajstić information content (AvgIpc) is 3.06. The molecule has 0 aliphatic heterocycles. The first-order chi connectivity index (χ1) is 22.5. The summed E-state index contributed by atoms with van der Waals surface area (Å²) in [5.74, 6) is -0.542. The predicted molar refractivity (Wildman–Crippen MR) is 192 cm³/mol. The molecule has 0 spiro atoms. The van der Waals surface area contributed by atoms with Gasteiger partial charge in [0.15, 0.2) is 0 Å². The Morgan fingerprint density at radius 3 is 2.13 bits per heavy atom. The number of anilines is 1. The molecule has 1 atom stereocenters. The Hall–Kier alpha value is -3.80. The number of rotatable bonds is 15. The Morgan fingerprint density at radius 1 is 0.872 bits per heavy atom. The molecule has 0 aliphatic carbocycles. The molecular formula is C36H40BrN3O5S2. The van der Waals surface area contributed by atoms with Crippen molar-refractivity contribution in [2.24, 2.45) is 0 Å². The number of amides is 2. The normalized spacial score (nSPS) is 12.0. The molecule has 0 saturated heterocycles. The van der Waals surface area contributed by atoms with Gasteiger partial charge in [0.05, 0.1) is 17.2 Å². The lowest BCUT2D eigenvalue weighted by molar-refractivity contribution is -0.140. The molecule has 0 bridgehead atoms. The second-order valence-electron chi connectivity index (χ2n) is 11.1. The van der Waals surface area contributed by atoms with Crippen LogP contribution in [-0.2, 0) is 32.6 Å². The van der Waals surface area contributed by atoms with Crippen LogP contribution in [0, 0.1) is 0 Å². The van der Waals surface area contributed by atoms with Gasteiger partial charge in [-0.25, -0.2) is 8.42 Å². The summed E-state index contributed by atoms with van der Waals surface area (Å²) in [6.07, 6.45) is 2.15. The molecule has 4 aromatic carbocycles. The Bertz CT molecular complexity index is 1730. The maximum atomic E-state index is 14.7. The number of carbonyl (C=O) groups is 2. The Kier molecular flexibility index (Phi) is 12.9. The highest BCUT2D eigenvalue weighted by atomic mass is 79.9. The molecule has 0 fully saturated rings. The van der Waals surface area contributed by atoms with Crippen LogP contribution in [-0.4, -0.2) is 56.6 Å². The van der Waals surface area contributed by atoms with Gasteiger partial charge in [-0.3, -0.25) is 13.9 Å². The topological polar surface area (TPSA) is 96.0 Å². The molecule has 11 heteroatoms. The summed E-state index contributed by atoms with van der Waals surface area (Å²) in [7, 11) is -4.26. The van der Waals surface area contributed by atoms with Gasteiger partial charge in [-0.05, 0) is 86.7 Å². The maximum Gasteiger partial charge on any atom is 0.264 e. The van der Waals surface area contributed by atoms with Crippen LogP contribution in [0.2, 0.25) is 0 Å². The third-order valence-corrected chi connectivity index (χ3v) is 10.4. The molecule has 4 rings (SSSR count). The summed E-state index contributed by atoms with van der Waals surface area (Å²) in [6.45, 7) is 5.35. The largest absolute Gasteiger partial charge is 0.492 e. The van der Waals surface area contributed by atoms with Crippen molar-refractivity contribution in [3.05, 3.63) is 119 Å². The van der Waals surface area contributed by atoms with Crippen LogP contribution >= 0.6 is 27.7 Å². The van der Waals surface area contributed by atoms with Gasteiger partial charge in [-0.1, -0.05) is 70.5 Å². The summed E-state index contributed by atoms with van der Waals surface area (Å²) in [5, 5.41) is 2.98. The minimum Gasteiger partial charge on any atom is -0.492 e. The summed E-state index contributed by atoms with van der Waals surface area (Å²) in [4.78, 5) is 30.9. The Labute approximate surface area is 290 Å². The quantitative estimate of drug-likeness (QED) is 0.133.